The fourth-order valence-electron chi connectivity index (χ4n) is 2.28. The fraction of sp³-hybridized carbons (Fsp3) is 0. The minimum Gasteiger partial charge on any atom is -0.508 e. The number of aromatic hydroxyl groups is 1. The summed E-state index contributed by atoms with van der Waals surface area (Å²) >= 11 is 5.82. The number of urea groups is 1. The molecule has 3 rings (SSSR count). The largest absolute Gasteiger partial charge is 0.508 e. The van der Waals surface area contributed by atoms with Crippen LogP contribution in [-0.2, 0) is 0 Å². The summed E-state index contributed by atoms with van der Waals surface area (Å²) in [5, 5.41) is 15.4. The van der Waals surface area contributed by atoms with Crippen LogP contribution in [-0.4, -0.2) is 11.1 Å². The molecule has 0 aliphatic heterocycles. The van der Waals surface area contributed by atoms with E-state index in [1.54, 1.807) is 36.4 Å². The SMILES string of the molecule is O=C(Nc1ccc(Cl)cc1)Nc1ccc(/C=C/c2ccc(O)cc2)cc1. The number of carbonyl (C=O) groups excluding carboxylic acids is 1. The quantitative estimate of drug-likeness (QED) is 0.508. The number of rotatable bonds is 4. The molecule has 0 aliphatic carbocycles. The third-order valence-corrected chi connectivity index (χ3v) is 3.88. The Hall–Kier alpha value is -3.24. The zero-order valence-corrected chi connectivity index (χ0v) is 14.6. The molecule has 2 amide bonds. The monoisotopic (exact) mass is 364 g/mol. The van der Waals surface area contributed by atoms with Crippen LogP contribution < -0.4 is 10.6 Å². The first-order valence-electron chi connectivity index (χ1n) is 7.99. The smallest absolute Gasteiger partial charge is 0.323 e. The van der Waals surface area contributed by atoms with Gasteiger partial charge in [-0.1, -0.05) is 48.0 Å². The van der Waals surface area contributed by atoms with Crippen LogP contribution in [0.1, 0.15) is 11.1 Å². The zero-order valence-electron chi connectivity index (χ0n) is 13.8. The number of carbonyl (C=O) groups is 1. The van der Waals surface area contributed by atoms with Crippen molar-refractivity contribution in [1.29, 1.82) is 0 Å². The third kappa shape index (κ3) is 5.13. The lowest BCUT2D eigenvalue weighted by atomic mass is 10.1. The molecule has 0 unspecified atom stereocenters. The van der Waals surface area contributed by atoms with Crippen LogP contribution in [0.2, 0.25) is 5.02 Å². The van der Waals surface area contributed by atoms with E-state index in [9.17, 15) is 9.90 Å². The number of hydrogen-bond acceptors (Lipinski definition) is 2. The molecular formula is C21H17ClN2O2. The van der Waals surface area contributed by atoms with Crippen LogP contribution in [0.15, 0.2) is 72.8 Å². The Morgan fingerprint density at radius 2 is 1.15 bits per heavy atom. The molecular weight excluding hydrogens is 348 g/mol. The summed E-state index contributed by atoms with van der Waals surface area (Å²) in [4.78, 5) is 12.0. The van der Waals surface area contributed by atoms with Gasteiger partial charge in [0.05, 0.1) is 0 Å². The molecule has 26 heavy (non-hydrogen) atoms. The van der Waals surface area contributed by atoms with Gasteiger partial charge >= 0.3 is 6.03 Å². The maximum atomic E-state index is 12.0. The van der Waals surface area contributed by atoms with Crippen molar-refractivity contribution in [2.24, 2.45) is 0 Å². The number of halogens is 1. The molecule has 0 bridgehead atoms. The summed E-state index contributed by atoms with van der Waals surface area (Å²) in [6, 6.07) is 21.0. The number of nitrogens with one attached hydrogen (secondary N) is 2. The van der Waals surface area contributed by atoms with Crippen molar-refractivity contribution in [3.8, 4) is 5.75 Å². The van der Waals surface area contributed by atoms with Gasteiger partial charge in [-0.2, -0.15) is 0 Å². The number of benzene rings is 3. The molecule has 0 aromatic heterocycles. The van der Waals surface area contributed by atoms with Crippen LogP contribution in [0.5, 0.6) is 5.75 Å². The minimum atomic E-state index is -0.320. The van der Waals surface area contributed by atoms with Gasteiger partial charge in [0.15, 0.2) is 0 Å². The van der Waals surface area contributed by atoms with Crippen LogP contribution in [0.4, 0.5) is 16.2 Å². The molecule has 130 valence electrons. The average Bonchev–Trinajstić information content (AvgIpc) is 2.64. The average molecular weight is 365 g/mol. The van der Waals surface area contributed by atoms with Gasteiger partial charge in [0, 0.05) is 16.4 Å². The first kappa shape index (κ1) is 17.6. The number of anilines is 2. The molecule has 3 aromatic rings. The van der Waals surface area contributed by atoms with Gasteiger partial charge in [0.1, 0.15) is 5.75 Å². The molecule has 4 nitrogen and oxygen atoms in total. The Bertz CT molecular complexity index is 902. The van der Waals surface area contributed by atoms with Gasteiger partial charge in [0.25, 0.3) is 0 Å². The second-order valence-corrected chi connectivity index (χ2v) is 6.07. The van der Waals surface area contributed by atoms with Crippen molar-refractivity contribution in [1.82, 2.24) is 0 Å². The third-order valence-electron chi connectivity index (χ3n) is 3.63. The molecule has 0 spiro atoms. The predicted molar refractivity (Wildman–Crippen MR) is 108 cm³/mol. The number of phenols is 1. The van der Waals surface area contributed by atoms with Crippen LogP contribution in [0.25, 0.3) is 12.2 Å². The zero-order chi connectivity index (χ0) is 18.4. The second kappa shape index (κ2) is 8.23. The van der Waals surface area contributed by atoms with Crippen LogP contribution >= 0.6 is 11.6 Å². The maximum absolute atomic E-state index is 12.0. The van der Waals surface area contributed by atoms with E-state index in [1.807, 2.05) is 48.6 Å². The number of hydrogen-bond donors (Lipinski definition) is 3. The van der Waals surface area contributed by atoms with E-state index in [4.69, 9.17) is 11.6 Å². The Balaban J connectivity index is 1.57. The van der Waals surface area contributed by atoms with Gasteiger partial charge in [0.2, 0.25) is 0 Å². The Labute approximate surface area is 156 Å². The summed E-state index contributed by atoms with van der Waals surface area (Å²) in [6.07, 6.45) is 3.92. The first-order chi connectivity index (χ1) is 12.6. The molecule has 3 aromatic carbocycles. The molecule has 0 fully saturated rings. The highest BCUT2D eigenvalue weighted by Crippen LogP contribution is 2.16. The Kier molecular flexibility index (Phi) is 5.56. The van der Waals surface area contributed by atoms with Gasteiger partial charge < -0.3 is 15.7 Å². The molecule has 0 aliphatic rings. The van der Waals surface area contributed by atoms with Crippen molar-refractivity contribution in [2.75, 3.05) is 10.6 Å². The van der Waals surface area contributed by atoms with Crippen molar-refractivity contribution >= 4 is 41.2 Å². The predicted octanol–water partition coefficient (Wildman–Crippen LogP) is 5.86. The van der Waals surface area contributed by atoms with Crippen LogP contribution in [0.3, 0.4) is 0 Å². The van der Waals surface area contributed by atoms with Gasteiger partial charge in [-0.05, 0) is 59.7 Å². The minimum absolute atomic E-state index is 0.245. The molecule has 0 radical (unpaired) electrons. The van der Waals surface area contributed by atoms with Crippen molar-refractivity contribution in [2.45, 2.75) is 0 Å². The highest BCUT2D eigenvalue weighted by Gasteiger charge is 2.02. The van der Waals surface area contributed by atoms with Gasteiger partial charge in [-0.25, -0.2) is 4.79 Å². The topological polar surface area (TPSA) is 61.4 Å². The van der Waals surface area contributed by atoms with E-state index < -0.39 is 0 Å². The van der Waals surface area contributed by atoms with Crippen molar-refractivity contribution < 1.29 is 9.90 Å². The van der Waals surface area contributed by atoms with E-state index >= 15 is 0 Å². The Morgan fingerprint density at radius 1 is 0.731 bits per heavy atom. The summed E-state index contributed by atoms with van der Waals surface area (Å²) in [5.41, 5.74) is 3.35. The van der Waals surface area contributed by atoms with E-state index in [2.05, 4.69) is 10.6 Å². The summed E-state index contributed by atoms with van der Waals surface area (Å²) in [7, 11) is 0. The summed E-state index contributed by atoms with van der Waals surface area (Å²) < 4.78 is 0. The molecule has 0 heterocycles. The van der Waals surface area contributed by atoms with Gasteiger partial charge in [-0.3, -0.25) is 0 Å². The van der Waals surface area contributed by atoms with E-state index in [0.29, 0.717) is 16.4 Å². The van der Waals surface area contributed by atoms with E-state index in [1.165, 1.54) is 0 Å². The Morgan fingerprint density at radius 3 is 1.65 bits per heavy atom. The second-order valence-electron chi connectivity index (χ2n) is 5.63. The van der Waals surface area contributed by atoms with E-state index in [-0.39, 0.29) is 11.8 Å². The molecule has 5 heteroatoms. The lowest BCUT2D eigenvalue weighted by molar-refractivity contribution is 0.262. The molecule has 3 N–H and O–H groups in total. The summed E-state index contributed by atoms with van der Waals surface area (Å²) in [5.74, 6) is 0.245. The molecule has 0 atom stereocenters. The highest BCUT2D eigenvalue weighted by molar-refractivity contribution is 6.30. The van der Waals surface area contributed by atoms with Crippen LogP contribution in [0, 0.1) is 0 Å². The van der Waals surface area contributed by atoms with Gasteiger partial charge in [-0.15, -0.1) is 0 Å². The first-order valence-corrected chi connectivity index (χ1v) is 8.37. The molecule has 0 saturated heterocycles. The maximum Gasteiger partial charge on any atom is 0.323 e. The van der Waals surface area contributed by atoms with Crippen molar-refractivity contribution in [3.05, 3.63) is 88.9 Å². The number of amides is 2. The number of phenolic OH excluding ortho intramolecular Hbond substituents is 1. The normalized spacial score (nSPS) is 10.7. The van der Waals surface area contributed by atoms with Crippen molar-refractivity contribution in [3.63, 3.8) is 0 Å². The highest BCUT2D eigenvalue weighted by atomic mass is 35.5. The van der Waals surface area contributed by atoms with E-state index in [0.717, 1.165) is 11.1 Å². The standard InChI is InChI=1S/C21H17ClN2O2/c22-17-7-11-19(12-8-17)24-21(26)23-18-9-3-15(4-10-18)1-2-16-5-13-20(25)14-6-16/h1-14,25H,(H2,23,24,26)/b2-1+. The molecule has 0 saturated carbocycles. The lowest BCUT2D eigenvalue weighted by Gasteiger charge is -2.08. The lowest BCUT2D eigenvalue weighted by Crippen LogP contribution is -2.19. The fourth-order valence-corrected chi connectivity index (χ4v) is 2.41. The summed E-state index contributed by atoms with van der Waals surface area (Å²) in [6.45, 7) is 0.